The molecule has 19 heavy (non-hydrogen) atoms. The first-order valence-corrected chi connectivity index (χ1v) is 6.10. The highest BCUT2D eigenvalue weighted by molar-refractivity contribution is 7.11. The standard InChI is InChI=1S/C11H9N3O4S/c1-6-4-5-19-8(6)3-2-7-9(14(17)18)10(15)13-11(16)12-7/h2-5H,1H3,(H2,12,13,15,16). The minimum Gasteiger partial charge on any atom is -0.301 e. The summed E-state index contributed by atoms with van der Waals surface area (Å²) in [5.74, 6) is 0. The fraction of sp³-hybridized carbons (Fsp3) is 0.0909. The zero-order valence-corrected chi connectivity index (χ0v) is 10.6. The molecule has 0 aromatic carbocycles. The van der Waals surface area contributed by atoms with Crippen molar-refractivity contribution < 1.29 is 4.92 Å². The number of aromatic amines is 2. The van der Waals surface area contributed by atoms with Crippen molar-refractivity contribution in [2.75, 3.05) is 0 Å². The molecule has 2 rings (SSSR count). The van der Waals surface area contributed by atoms with E-state index in [4.69, 9.17) is 0 Å². The van der Waals surface area contributed by atoms with Crippen LogP contribution >= 0.6 is 11.3 Å². The van der Waals surface area contributed by atoms with Crippen molar-refractivity contribution in [3.8, 4) is 0 Å². The molecule has 0 aliphatic heterocycles. The van der Waals surface area contributed by atoms with Crippen LogP contribution in [0.3, 0.4) is 0 Å². The molecule has 0 radical (unpaired) electrons. The summed E-state index contributed by atoms with van der Waals surface area (Å²) in [4.78, 5) is 37.5. The van der Waals surface area contributed by atoms with Gasteiger partial charge in [-0.1, -0.05) is 0 Å². The smallest absolute Gasteiger partial charge is 0.301 e. The van der Waals surface area contributed by atoms with Crippen LogP contribution in [0.5, 0.6) is 0 Å². The summed E-state index contributed by atoms with van der Waals surface area (Å²) >= 11 is 1.46. The van der Waals surface area contributed by atoms with E-state index < -0.39 is 21.9 Å². The molecule has 0 spiro atoms. The molecule has 0 unspecified atom stereocenters. The van der Waals surface area contributed by atoms with Gasteiger partial charge in [-0.15, -0.1) is 11.3 Å². The van der Waals surface area contributed by atoms with E-state index >= 15 is 0 Å². The summed E-state index contributed by atoms with van der Waals surface area (Å²) in [6.45, 7) is 1.89. The topological polar surface area (TPSA) is 109 Å². The number of hydrogen-bond donors (Lipinski definition) is 2. The fourth-order valence-electron chi connectivity index (χ4n) is 1.51. The molecule has 0 saturated carbocycles. The Balaban J connectivity index is 2.54. The summed E-state index contributed by atoms with van der Waals surface area (Å²) in [6, 6.07) is 1.90. The molecule has 2 heterocycles. The highest BCUT2D eigenvalue weighted by Crippen LogP contribution is 2.19. The zero-order valence-electron chi connectivity index (χ0n) is 9.80. The van der Waals surface area contributed by atoms with Crippen molar-refractivity contribution in [1.29, 1.82) is 0 Å². The van der Waals surface area contributed by atoms with E-state index in [1.807, 2.05) is 23.4 Å². The number of aryl methyl sites for hydroxylation is 1. The molecular formula is C11H9N3O4S. The maximum Gasteiger partial charge on any atom is 0.357 e. The molecule has 2 N–H and O–H groups in total. The van der Waals surface area contributed by atoms with E-state index in [0.29, 0.717) is 0 Å². The van der Waals surface area contributed by atoms with Crippen LogP contribution in [-0.2, 0) is 0 Å². The third-order valence-electron chi connectivity index (χ3n) is 2.43. The lowest BCUT2D eigenvalue weighted by Crippen LogP contribution is -2.25. The van der Waals surface area contributed by atoms with Crippen molar-refractivity contribution in [2.24, 2.45) is 0 Å². The number of thiophene rings is 1. The maximum atomic E-state index is 11.4. The highest BCUT2D eigenvalue weighted by Gasteiger charge is 2.18. The second-order valence-electron chi connectivity index (χ2n) is 3.73. The summed E-state index contributed by atoms with van der Waals surface area (Å²) in [6.07, 6.45) is 2.98. The summed E-state index contributed by atoms with van der Waals surface area (Å²) < 4.78 is 0. The number of nitrogens with zero attached hydrogens (tertiary/aromatic N) is 1. The Bertz CT molecular complexity index is 769. The van der Waals surface area contributed by atoms with Gasteiger partial charge in [0.1, 0.15) is 5.69 Å². The van der Waals surface area contributed by atoms with Gasteiger partial charge in [-0.2, -0.15) is 0 Å². The molecule has 0 amide bonds. The molecule has 0 fully saturated rings. The zero-order chi connectivity index (χ0) is 14.0. The van der Waals surface area contributed by atoms with E-state index in [0.717, 1.165) is 10.4 Å². The Morgan fingerprint density at radius 3 is 2.63 bits per heavy atom. The van der Waals surface area contributed by atoms with Crippen LogP contribution < -0.4 is 11.2 Å². The number of hydrogen-bond acceptors (Lipinski definition) is 5. The van der Waals surface area contributed by atoms with E-state index in [1.165, 1.54) is 17.4 Å². The SMILES string of the molecule is Cc1ccsc1C=Cc1[nH]c(=O)[nH]c(=O)c1[N+](=O)[O-]. The normalized spacial score (nSPS) is 11.0. The number of nitrogens with one attached hydrogen (secondary N) is 2. The lowest BCUT2D eigenvalue weighted by molar-refractivity contribution is -0.386. The lowest BCUT2D eigenvalue weighted by atomic mass is 10.2. The quantitative estimate of drug-likeness (QED) is 0.655. The number of H-pyrrole nitrogens is 2. The maximum absolute atomic E-state index is 11.4. The number of rotatable bonds is 3. The second kappa shape index (κ2) is 5.02. The predicted molar refractivity (Wildman–Crippen MR) is 72.3 cm³/mol. The Labute approximate surface area is 110 Å². The van der Waals surface area contributed by atoms with Gasteiger partial charge in [-0.25, -0.2) is 4.79 Å². The van der Waals surface area contributed by atoms with Crippen molar-refractivity contribution in [3.63, 3.8) is 0 Å². The molecule has 7 nitrogen and oxygen atoms in total. The van der Waals surface area contributed by atoms with E-state index in [2.05, 4.69) is 4.98 Å². The van der Waals surface area contributed by atoms with Gasteiger partial charge in [0.05, 0.1) is 4.92 Å². The van der Waals surface area contributed by atoms with Crippen molar-refractivity contribution >= 4 is 29.2 Å². The molecule has 0 bridgehead atoms. The van der Waals surface area contributed by atoms with Crippen molar-refractivity contribution in [2.45, 2.75) is 6.92 Å². The molecule has 0 atom stereocenters. The first kappa shape index (κ1) is 13.0. The van der Waals surface area contributed by atoms with Gasteiger partial charge >= 0.3 is 16.9 Å². The molecule has 8 heteroatoms. The first-order chi connectivity index (χ1) is 8.99. The van der Waals surface area contributed by atoms with Gasteiger partial charge in [0.25, 0.3) is 0 Å². The molecule has 0 aliphatic carbocycles. The number of aromatic nitrogens is 2. The van der Waals surface area contributed by atoms with E-state index in [9.17, 15) is 19.7 Å². The predicted octanol–water partition coefficient (Wildman–Crippen LogP) is 1.51. The largest absolute Gasteiger partial charge is 0.357 e. The molecular weight excluding hydrogens is 270 g/mol. The molecule has 98 valence electrons. The molecule has 2 aromatic rings. The van der Waals surface area contributed by atoms with Crippen LogP contribution in [0.2, 0.25) is 0 Å². The average Bonchev–Trinajstić information content (AvgIpc) is 2.70. The van der Waals surface area contributed by atoms with Crippen LogP contribution in [0.4, 0.5) is 5.69 Å². The van der Waals surface area contributed by atoms with E-state index in [1.54, 1.807) is 6.08 Å². The fourth-order valence-corrected chi connectivity index (χ4v) is 2.33. The second-order valence-corrected chi connectivity index (χ2v) is 4.68. The monoisotopic (exact) mass is 279 g/mol. The highest BCUT2D eigenvalue weighted by atomic mass is 32.1. The van der Waals surface area contributed by atoms with Crippen molar-refractivity contribution in [1.82, 2.24) is 9.97 Å². The minimum atomic E-state index is -1.02. The summed E-state index contributed by atoms with van der Waals surface area (Å²) in [7, 11) is 0. The molecule has 2 aromatic heterocycles. The minimum absolute atomic E-state index is 0.119. The first-order valence-electron chi connectivity index (χ1n) is 5.22. The van der Waals surface area contributed by atoms with Crippen LogP contribution in [0.15, 0.2) is 21.0 Å². The Morgan fingerprint density at radius 1 is 1.32 bits per heavy atom. The Morgan fingerprint density at radius 2 is 2.05 bits per heavy atom. The van der Waals surface area contributed by atoms with Gasteiger partial charge < -0.3 is 4.98 Å². The van der Waals surface area contributed by atoms with E-state index in [-0.39, 0.29) is 5.69 Å². The van der Waals surface area contributed by atoms with Crippen LogP contribution in [-0.4, -0.2) is 14.9 Å². The van der Waals surface area contributed by atoms with Gasteiger partial charge in [0.2, 0.25) is 0 Å². The van der Waals surface area contributed by atoms with Crippen LogP contribution in [0.1, 0.15) is 16.1 Å². The van der Waals surface area contributed by atoms with Gasteiger partial charge in [0, 0.05) is 4.88 Å². The average molecular weight is 279 g/mol. The third kappa shape index (κ3) is 2.68. The lowest BCUT2D eigenvalue weighted by Gasteiger charge is -1.96. The van der Waals surface area contributed by atoms with Crippen LogP contribution in [0.25, 0.3) is 12.2 Å². The van der Waals surface area contributed by atoms with Crippen molar-refractivity contribution in [3.05, 3.63) is 58.5 Å². The molecule has 0 aliphatic rings. The number of nitro groups is 1. The Hall–Kier alpha value is -2.48. The summed E-state index contributed by atoms with van der Waals surface area (Å²) in [5, 5.41) is 12.7. The van der Waals surface area contributed by atoms with Gasteiger partial charge in [-0.3, -0.25) is 19.9 Å². The third-order valence-corrected chi connectivity index (χ3v) is 3.42. The molecule has 0 saturated heterocycles. The summed E-state index contributed by atoms with van der Waals surface area (Å²) in [5.41, 5.74) is -1.58. The van der Waals surface area contributed by atoms with Gasteiger partial charge in [0.15, 0.2) is 0 Å². The Kier molecular flexibility index (Phi) is 3.43. The van der Waals surface area contributed by atoms with Crippen LogP contribution in [0, 0.1) is 17.0 Å². The van der Waals surface area contributed by atoms with Gasteiger partial charge in [-0.05, 0) is 36.1 Å².